The maximum absolute atomic E-state index is 13.2. The average molecular weight is 1060 g/mol. The van der Waals surface area contributed by atoms with E-state index >= 15 is 0 Å². The molecule has 9 N–H and O–H groups in total. The predicted molar refractivity (Wildman–Crippen MR) is 295 cm³/mol. The van der Waals surface area contributed by atoms with Crippen LogP contribution in [-0.4, -0.2) is 140 Å². The van der Waals surface area contributed by atoms with E-state index in [9.17, 15) is 45.6 Å². The lowest BCUT2D eigenvalue weighted by Gasteiger charge is -2.46. The van der Waals surface area contributed by atoms with Gasteiger partial charge in [-0.1, -0.05) is 244 Å². The molecule has 14 nitrogen and oxygen atoms in total. The number of carbonyl (C=O) groups excluding carboxylic acids is 1. The Bertz CT molecular complexity index is 1340. The van der Waals surface area contributed by atoms with Crippen LogP contribution in [0.25, 0.3) is 0 Å². The van der Waals surface area contributed by atoms with E-state index in [0.717, 1.165) is 38.5 Å². The Balaban J connectivity index is 1.60. The van der Waals surface area contributed by atoms with Gasteiger partial charge in [0.2, 0.25) is 5.91 Å². The van der Waals surface area contributed by atoms with E-state index in [4.69, 9.17) is 18.9 Å². The molecule has 14 heteroatoms. The zero-order valence-corrected chi connectivity index (χ0v) is 46.8. The molecule has 74 heavy (non-hydrogen) atoms. The van der Waals surface area contributed by atoms with Gasteiger partial charge in [-0.25, -0.2) is 0 Å². The molecule has 0 aliphatic carbocycles. The minimum Gasteiger partial charge on any atom is -0.394 e. The van der Waals surface area contributed by atoms with Gasteiger partial charge in [0, 0.05) is 6.42 Å². The number of amides is 1. The number of hydrogen-bond acceptors (Lipinski definition) is 13. The van der Waals surface area contributed by atoms with Crippen LogP contribution in [0.3, 0.4) is 0 Å². The van der Waals surface area contributed by atoms with Crippen molar-refractivity contribution in [3.05, 3.63) is 24.3 Å². The van der Waals surface area contributed by atoms with Gasteiger partial charge in [0.25, 0.3) is 0 Å². The molecule has 0 saturated carbocycles. The van der Waals surface area contributed by atoms with E-state index in [-0.39, 0.29) is 18.9 Å². The first-order valence-corrected chi connectivity index (χ1v) is 30.6. The highest BCUT2D eigenvalue weighted by molar-refractivity contribution is 5.76. The molecule has 0 spiro atoms. The van der Waals surface area contributed by atoms with Gasteiger partial charge in [0.15, 0.2) is 12.6 Å². The van der Waals surface area contributed by atoms with Gasteiger partial charge in [-0.15, -0.1) is 0 Å². The minimum absolute atomic E-state index is 0.247. The van der Waals surface area contributed by atoms with Crippen molar-refractivity contribution in [2.75, 3.05) is 19.8 Å². The standard InChI is InChI=1S/C60H113NO13/c1-3-5-7-9-11-13-14-15-16-17-18-19-20-21-22-23-24-25-26-27-28-29-30-31-32-33-34-36-38-40-42-44-52(65)61-48(49(64)43-41-39-37-35-12-10-8-6-4-2)47-71-59-57(70)55(68)58(51(46-63)73-59)74-60-56(69)54(67)53(66)50(45-62)72-60/h12,35,41,43,48-51,53-60,62-64,66-70H,3-11,13-34,36-40,42,44-47H2,1-2H3,(H,61,65)/b35-12+,43-41+. The minimum atomic E-state index is -1.79. The van der Waals surface area contributed by atoms with Crippen molar-refractivity contribution >= 4 is 5.91 Å². The summed E-state index contributed by atoms with van der Waals surface area (Å²) in [6, 6.07) is -0.926. The van der Waals surface area contributed by atoms with Crippen LogP contribution in [0.1, 0.15) is 258 Å². The number of allylic oxidation sites excluding steroid dienone is 3. The van der Waals surface area contributed by atoms with Crippen molar-refractivity contribution in [3.63, 3.8) is 0 Å². The lowest BCUT2D eigenvalue weighted by molar-refractivity contribution is -0.359. The Hall–Kier alpha value is -1.53. The van der Waals surface area contributed by atoms with Crippen LogP contribution < -0.4 is 5.32 Å². The smallest absolute Gasteiger partial charge is 0.220 e. The van der Waals surface area contributed by atoms with Gasteiger partial charge in [-0.2, -0.15) is 0 Å². The summed E-state index contributed by atoms with van der Waals surface area (Å²) in [5.41, 5.74) is 0. The fourth-order valence-electron chi connectivity index (χ4n) is 10.2. The van der Waals surface area contributed by atoms with Crippen molar-refractivity contribution < 1.29 is 64.6 Å². The Labute approximate surface area is 449 Å². The van der Waals surface area contributed by atoms with E-state index in [1.807, 2.05) is 6.08 Å². The van der Waals surface area contributed by atoms with Crippen molar-refractivity contribution in [2.24, 2.45) is 0 Å². The maximum Gasteiger partial charge on any atom is 0.220 e. The highest BCUT2D eigenvalue weighted by Crippen LogP contribution is 2.30. The molecular formula is C60H113NO13. The summed E-state index contributed by atoms with van der Waals surface area (Å²) >= 11 is 0. The molecule has 0 aromatic heterocycles. The fourth-order valence-corrected chi connectivity index (χ4v) is 10.2. The molecule has 12 atom stereocenters. The zero-order valence-electron chi connectivity index (χ0n) is 46.8. The summed E-state index contributed by atoms with van der Waals surface area (Å²) in [5.74, 6) is -0.247. The molecule has 2 saturated heterocycles. The van der Waals surface area contributed by atoms with Crippen LogP contribution in [0.15, 0.2) is 24.3 Å². The molecule has 2 aliphatic heterocycles. The first-order chi connectivity index (χ1) is 36.1. The molecular weight excluding hydrogens is 943 g/mol. The van der Waals surface area contributed by atoms with Crippen molar-refractivity contribution in [3.8, 4) is 0 Å². The molecule has 0 aromatic rings. The molecule has 1 amide bonds. The van der Waals surface area contributed by atoms with Crippen LogP contribution in [0.2, 0.25) is 0 Å². The molecule has 2 fully saturated rings. The molecule has 2 rings (SSSR count). The third kappa shape index (κ3) is 31.8. The summed E-state index contributed by atoms with van der Waals surface area (Å²) in [4.78, 5) is 13.2. The number of hydrogen-bond donors (Lipinski definition) is 9. The maximum atomic E-state index is 13.2. The van der Waals surface area contributed by atoms with Crippen molar-refractivity contribution in [1.82, 2.24) is 5.32 Å². The number of carbonyl (C=O) groups is 1. The van der Waals surface area contributed by atoms with E-state index < -0.39 is 86.8 Å². The molecule has 12 unspecified atom stereocenters. The van der Waals surface area contributed by atoms with Crippen LogP contribution in [0.5, 0.6) is 0 Å². The zero-order chi connectivity index (χ0) is 53.9. The molecule has 2 heterocycles. The second-order valence-corrected chi connectivity index (χ2v) is 21.8. The van der Waals surface area contributed by atoms with Crippen LogP contribution >= 0.6 is 0 Å². The van der Waals surface area contributed by atoms with Crippen LogP contribution in [0.4, 0.5) is 0 Å². The summed E-state index contributed by atoms with van der Waals surface area (Å²) in [6.07, 6.45) is 38.5. The van der Waals surface area contributed by atoms with Gasteiger partial charge in [-0.3, -0.25) is 4.79 Å². The summed E-state index contributed by atoms with van der Waals surface area (Å²) in [5, 5.41) is 86.7. The lowest BCUT2D eigenvalue weighted by atomic mass is 9.97. The third-order valence-corrected chi connectivity index (χ3v) is 15.1. The summed E-state index contributed by atoms with van der Waals surface area (Å²) in [7, 11) is 0. The number of unbranched alkanes of at least 4 members (excludes halogenated alkanes) is 34. The van der Waals surface area contributed by atoms with Gasteiger partial charge in [0.05, 0.1) is 32.0 Å². The molecule has 0 radical (unpaired) electrons. The SMILES string of the molecule is CCCCC/C=C/CC/C=C/C(O)C(COC1OC(CO)C(OC2OC(CO)C(O)C(O)C2O)C(O)C1O)NC(=O)CCCCCCCCCCCCCCCCCCCCCCCCCCCCCCCCC. The monoisotopic (exact) mass is 1060 g/mol. The highest BCUT2D eigenvalue weighted by atomic mass is 16.7. The second-order valence-electron chi connectivity index (χ2n) is 21.8. The Morgan fingerprint density at radius 2 is 0.865 bits per heavy atom. The number of nitrogens with one attached hydrogen (secondary N) is 1. The summed E-state index contributed by atoms with van der Waals surface area (Å²) in [6.45, 7) is 2.74. The normalized spacial score (nSPS) is 25.3. The second kappa shape index (κ2) is 46.4. The third-order valence-electron chi connectivity index (χ3n) is 15.1. The fraction of sp³-hybridized carbons (Fsp3) is 0.917. The van der Waals surface area contributed by atoms with Crippen LogP contribution in [-0.2, 0) is 23.7 Å². The van der Waals surface area contributed by atoms with Gasteiger partial charge >= 0.3 is 0 Å². The van der Waals surface area contributed by atoms with Gasteiger partial charge in [0.1, 0.15) is 48.8 Å². The lowest BCUT2D eigenvalue weighted by Crippen LogP contribution is -2.65. The van der Waals surface area contributed by atoms with Gasteiger partial charge in [-0.05, 0) is 32.1 Å². The van der Waals surface area contributed by atoms with Crippen LogP contribution in [0, 0.1) is 0 Å². The molecule has 436 valence electrons. The topological polar surface area (TPSA) is 228 Å². The van der Waals surface area contributed by atoms with E-state index in [0.29, 0.717) is 12.8 Å². The van der Waals surface area contributed by atoms with Gasteiger partial charge < -0.3 is 65.1 Å². The Morgan fingerprint density at radius 1 is 0.473 bits per heavy atom. The van der Waals surface area contributed by atoms with E-state index in [2.05, 4.69) is 31.3 Å². The summed E-state index contributed by atoms with van der Waals surface area (Å²) < 4.78 is 22.7. The first-order valence-electron chi connectivity index (χ1n) is 30.6. The number of aliphatic hydroxyl groups excluding tert-OH is 8. The number of rotatable bonds is 49. The first kappa shape index (κ1) is 68.6. The van der Waals surface area contributed by atoms with Crippen molar-refractivity contribution in [1.29, 1.82) is 0 Å². The van der Waals surface area contributed by atoms with E-state index in [1.54, 1.807) is 6.08 Å². The number of aliphatic hydroxyl groups is 8. The largest absolute Gasteiger partial charge is 0.394 e. The Kier molecular flexibility index (Phi) is 43.0. The van der Waals surface area contributed by atoms with Crippen molar-refractivity contribution in [2.45, 2.75) is 331 Å². The predicted octanol–water partition coefficient (Wildman–Crippen LogP) is 10.4. The molecule has 0 aromatic carbocycles. The number of ether oxygens (including phenoxy) is 4. The highest BCUT2D eigenvalue weighted by Gasteiger charge is 2.51. The quantitative estimate of drug-likeness (QED) is 0.0204. The molecule has 2 aliphatic rings. The average Bonchev–Trinajstić information content (AvgIpc) is 3.40. The van der Waals surface area contributed by atoms with E-state index in [1.165, 1.54) is 186 Å². The molecule has 0 bridgehead atoms. The Morgan fingerprint density at radius 3 is 1.32 bits per heavy atom.